The number of carbonyl (C=O) groups is 1. The number of carbonyl (C=O) groups excluding carboxylic acids is 1. The van der Waals surface area contributed by atoms with Crippen molar-refractivity contribution < 1.29 is 17.6 Å². The van der Waals surface area contributed by atoms with Crippen LogP contribution < -0.4 is 5.32 Å². The molecule has 0 saturated carbocycles. The Morgan fingerprint density at radius 2 is 2.00 bits per heavy atom. The molecule has 26 heavy (non-hydrogen) atoms. The van der Waals surface area contributed by atoms with E-state index in [1.807, 2.05) is 43.0 Å². The lowest BCUT2D eigenvalue weighted by atomic mass is 10.1. The maximum absolute atomic E-state index is 12.6. The Bertz CT molecular complexity index is 855. The fraction of sp³-hybridized carbons (Fsp3) is 0.421. The van der Waals surface area contributed by atoms with Crippen molar-refractivity contribution in [3.8, 4) is 0 Å². The molecule has 3 rings (SSSR count). The Morgan fingerprint density at radius 1 is 1.27 bits per heavy atom. The van der Waals surface area contributed by atoms with E-state index in [-0.39, 0.29) is 30.0 Å². The van der Waals surface area contributed by atoms with Crippen molar-refractivity contribution >= 4 is 21.4 Å². The molecule has 0 spiro atoms. The van der Waals surface area contributed by atoms with Gasteiger partial charge in [-0.25, -0.2) is 8.42 Å². The van der Waals surface area contributed by atoms with Gasteiger partial charge in [-0.15, -0.1) is 0 Å². The van der Waals surface area contributed by atoms with Crippen molar-refractivity contribution in [1.82, 2.24) is 4.90 Å². The second-order valence-electron chi connectivity index (χ2n) is 6.97. The number of amides is 1. The lowest BCUT2D eigenvalue weighted by molar-refractivity contribution is -0.118. The number of furan rings is 1. The van der Waals surface area contributed by atoms with Gasteiger partial charge in [-0.3, -0.25) is 9.69 Å². The Morgan fingerprint density at radius 3 is 2.58 bits per heavy atom. The molecule has 1 aromatic carbocycles. The summed E-state index contributed by atoms with van der Waals surface area (Å²) in [6.07, 6.45) is 2.12. The first-order valence-corrected chi connectivity index (χ1v) is 10.5. The van der Waals surface area contributed by atoms with Crippen molar-refractivity contribution in [2.24, 2.45) is 0 Å². The molecule has 1 aliphatic heterocycles. The maximum atomic E-state index is 12.6. The Hall–Kier alpha value is -2.12. The summed E-state index contributed by atoms with van der Waals surface area (Å²) in [6.45, 7) is 4.49. The molecule has 1 saturated heterocycles. The van der Waals surface area contributed by atoms with E-state index in [9.17, 15) is 13.2 Å². The number of nitrogens with zero attached hydrogens (tertiary/aromatic N) is 1. The van der Waals surface area contributed by atoms with Gasteiger partial charge in [-0.1, -0.05) is 6.07 Å². The van der Waals surface area contributed by atoms with E-state index >= 15 is 0 Å². The van der Waals surface area contributed by atoms with Crippen molar-refractivity contribution in [2.75, 3.05) is 23.4 Å². The number of benzene rings is 1. The number of hydrogen-bond donors (Lipinski definition) is 1. The number of hydrogen-bond acceptors (Lipinski definition) is 5. The first-order valence-electron chi connectivity index (χ1n) is 8.66. The minimum absolute atomic E-state index is 0.0878. The van der Waals surface area contributed by atoms with E-state index in [4.69, 9.17) is 4.42 Å². The van der Waals surface area contributed by atoms with Crippen LogP contribution in [0, 0.1) is 13.8 Å². The molecule has 0 bridgehead atoms. The second kappa shape index (κ2) is 7.63. The Balaban J connectivity index is 1.71. The normalized spacial score (nSPS) is 19.0. The van der Waals surface area contributed by atoms with Gasteiger partial charge in [0.05, 0.1) is 30.9 Å². The monoisotopic (exact) mass is 376 g/mol. The number of nitrogens with one attached hydrogen (secondary N) is 1. The summed E-state index contributed by atoms with van der Waals surface area (Å²) < 4.78 is 29.1. The topological polar surface area (TPSA) is 79.6 Å². The standard InChI is InChI=1S/C19H24N2O4S/c1-14-8-15(2)10-16(9-14)20-19(22)12-21(11-18-4-3-6-25-18)17-5-7-26(23,24)13-17/h3-4,6,8-10,17H,5,7,11-13H2,1-2H3,(H,20,22)/t17-/m1/s1. The van der Waals surface area contributed by atoms with E-state index in [1.54, 1.807) is 12.3 Å². The predicted molar refractivity (Wildman–Crippen MR) is 101 cm³/mol. The van der Waals surface area contributed by atoms with Gasteiger partial charge in [0.15, 0.2) is 9.84 Å². The fourth-order valence-electron chi connectivity index (χ4n) is 3.41. The van der Waals surface area contributed by atoms with Crippen LogP contribution in [-0.4, -0.2) is 43.3 Å². The van der Waals surface area contributed by atoms with Crippen LogP contribution >= 0.6 is 0 Å². The zero-order valence-electron chi connectivity index (χ0n) is 15.1. The van der Waals surface area contributed by atoms with Gasteiger partial charge < -0.3 is 9.73 Å². The van der Waals surface area contributed by atoms with Crippen molar-refractivity contribution in [3.63, 3.8) is 0 Å². The highest BCUT2D eigenvalue weighted by Crippen LogP contribution is 2.21. The molecule has 1 N–H and O–H groups in total. The van der Waals surface area contributed by atoms with E-state index in [0.29, 0.717) is 18.7 Å². The molecule has 6 nitrogen and oxygen atoms in total. The third-order valence-electron chi connectivity index (χ3n) is 4.52. The molecule has 1 atom stereocenters. The summed E-state index contributed by atoms with van der Waals surface area (Å²) in [5, 5.41) is 2.92. The lowest BCUT2D eigenvalue weighted by Gasteiger charge is -2.26. The molecule has 1 aliphatic rings. The van der Waals surface area contributed by atoms with Gasteiger partial charge >= 0.3 is 0 Å². The molecule has 1 aromatic heterocycles. The van der Waals surface area contributed by atoms with Gasteiger partial charge in [0.2, 0.25) is 5.91 Å². The highest BCUT2D eigenvalue weighted by atomic mass is 32.2. The summed E-state index contributed by atoms with van der Waals surface area (Å²) in [6, 6.07) is 9.33. The fourth-order valence-corrected chi connectivity index (χ4v) is 5.17. The first-order chi connectivity index (χ1) is 12.3. The molecule has 2 aromatic rings. The Labute approximate surface area is 154 Å². The Kier molecular flexibility index (Phi) is 5.48. The molecule has 2 heterocycles. The predicted octanol–water partition coefficient (Wildman–Crippen LogP) is 2.52. The van der Waals surface area contributed by atoms with Gasteiger partial charge in [0.1, 0.15) is 5.76 Å². The molecule has 140 valence electrons. The van der Waals surface area contributed by atoms with E-state index in [1.165, 1.54) is 0 Å². The number of aryl methyl sites for hydroxylation is 2. The zero-order valence-corrected chi connectivity index (χ0v) is 15.9. The molecule has 1 fully saturated rings. The SMILES string of the molecule is Cc1cc(C)cc(NC(=O)CN(Cc2ccco2)[C@@H]2CCS(=O)(=O)C2)c1. The molecular formula is C19H24N2O4S. The molecule has 1 amide bonds. The van der Waals surface area contributed by atoms with Crippen molar-refractivity contribution in [3.05, 3.63) is 53.5 Å². The zero-order chi connectivity index (χ0) is 18.7. The highest BCUT2D eigenvalue weighted by molar-refractivity contribution is 7.91. The number of anilines is 1. The van der Waals surface area contributed by atoms with Crippen LogP contribution in [0.3, 0.4) is 0 Å². The van der Waals surface area contributed by atoms with Crippen LogP contribution in [0.5, 0.6) is 0 Å². The number of rotatable bonds is 6. The van der Waals surface area contributed by atoms with Gasteiger partial charge in [-0.05, 0) is 55.7 Å². The molecule has 0 radical (unpaired) electrons. The number of sulfone groups is 1. The van der Waals surface area contributed by atoms with Crippen LogP contribution in [0.2, 0.25) is 0 Å². The molecule has 7 heteroatoms. The van der Waals surface area contributed by atoms with Gasteiger partial charge in [0, 0.05) is 11.7 Å². The highest BCUT2D eigenvalue weighted by Gasteiger charge is 2.33. The quantitative estimate of drug-likeness (QED) is 0.838. The molecule has 0 unspecified atom stereocenters. The van der Waals surface area contributed by atoms with Gasteiger partial charge in [0.25, 0.3) is 0 Å². The average Bonchev–Trinajstić information content (AvgIpc) is 3.14. The smallest absolute Gasteiger partial charge is 0.238 e. The largest absolute Gasteiger partial charge is 0.468 e. The van der Waals surface area contributed by atoms with Crippen LogP contribution in [0.4, 0.5) is 5.69 Å². The van der Waals surface area contributed by atoms with E-state index in [2.05, 4.69) is 5.32 Å². The summed E-state index contributed by atoms with van der Waals surface area (Å²) in [5.74, 6) is 0.814. The molecular weight excluding hydrogens is 352 g/mol. The van der Waals surface area contributed by atoms with Crippen LogP contribution in [-0.2, 0) is 21.2 Å². The van der Waals surface area contributed by atoms with Gasteiger partial charge in [-0.2, -0.15) is 0 Å². The molecule has 0 aliphatic carbocycles. The summed E-state index contributed by atoms with van der Waals surface area (Å²) in [7, 11) is -3.03. The lowest BCUT2D eigenvalue weighted by Crippen LogP contribution is -2.41. The third kappa shape index (κ3) is 4.95. The average molecular weight is 376 g/mol. The summed E-state index contributed by atoms with van der Waals surface area (Å²) in [4.78, 5) is 14.4. The van der Waals surface area contributed by atoms with Crippen LogP contribution in [0.25, 0.3) is 0 Å². The van der Waals surface area contributed by atoms with Crippen molar-refractivity contribution in [1.29, 1.82) is 0 Å². The first kappa shape index (κ1) is 18.7. The van der Waals surface area contributed by atoms with Crippen molar-refractivity contribution in [2.45, 2.75) is 32.9 Å². The summed E-state index contributed by atoms with van der Waals surface area (Å²) >= 11 is 0. The van der Waals surface area contributed by atoms with E-state index < -0.39 is 9.84 Å². The summed E-state index contributed by atoms with van der Waals surface area (Å²) in [5.41, 5.74) is 2.91. The second-order valence-corrected chi connectivity index (χ2v) is 9.19. The third-order valence-corrected chi connectivity index (χ3v) is 6.27. The van der Waals surface area contributed by atoms with Crippen LogP contribution in [0.15, 0.2) is 41.0 Å². The van der Waals surface area contributed by atoms with Crippen LogP contribution in [0.1, 0.15) is 23.3 Å². The van der Waals surface area contributed by atoms with E-state index in [0.717, 1.165) is 16.8 Å². The minimum Gasteiger partial charge on any atom is -0.468 e. The minimum atomic E-state index is -3.03. The maximum Gasteiger partial charge on any atom is 0.238 e.